The summed E-state index contributed by atoms with van der Waals surface area (Å²) in [7, 11) is 0. The van der Waals surface area contributed by atoms with E-state index in [4.69, 9.17) is 5.73 Å². The molecule has 0 atom stereocenters. The Morgan fingerprint density at radius 1 is 1.20 bits per heavy atom. The molecule has 1 aliphatic heterocycles. The van der Waals surface area contributed by atoms with Crippen molar-refractivity contribution in [3.8, 4) is 0 Å². The summed E-state index contributed by atoms with van der Waals surface area (Å²) in [6.07, 6.45) is 0.393. The van der Waals surface area contributed by atoms with Gasteiger partial charge in [0.05, 0.1) is 12.1 Å². The van der Waals surface area contributed by atoms with E-state index < -0.39 is 0 Å². The Morgan fingerprint density at radius 2 is 2.05 bits per heavy atom. The number of carbonyl (C=O) groups excluding carboxylic acids is 1. The summed E-state index contributed by atoms with van der Waals surface area (Å²) in [5.74, 6) is 1.07. The van der Waals surface area contributed by atoms with Crippen LogP contribution in [0.1, 0.15) is 5.56 Å². The van der Waals surface area contributed by atoms with Gasteiger partial charge < -0.3 is 10.6 Å². The summed E-state index contributed by atoms with van der Waals surface area (Å²) >= 11 is 1.80. The topological polar surface area (TPSA) is 46.3 Å². The van der Waals surface area contributed by atoms with Gasteiger partial charge in [0.15, 0.2) is 0 Å². The average Bonchev–Trinajstić information content (AvgIpc) is 2.46. The number of anilines is 2. The van der Waals surface area contributed by atoms with Crippen LogP contribution in [0.4, 0.5) is 11.4 Å². The number of hydrogen-bond donors (Lipinski definition) is 1. The molecule has 1 amide bonds. The van der Waals surface area contributed by atoms with Crippen LogP contribution in [0.15, 0.2) is 53.4 Å². The lowest BCUT2D eigenvalue weighted by molar-refractivity contribution is -0.118. The second kappa shape index (κ2) is 5.59. The standard InChI is InChI=1S/C16H16N2OS/c17-13-5-3-4-12(10-13)11-16(19)18-8-9-20-15-7-2-1-6-14(15)18/h1-7,10H,8-9,11,17H2. The Hall–Kier alpha value is -1.94. The molecular weight excluding hydrogens is 268 g/mol. The van der Waals surface area contributed by atoms with Gasteiger partial charge in [-0.1, -0.05) is 24.3 Å². The smallest absolute Gasteiger partial charge is 0.231 e. The third-order valence-corrected chi connectivity index (χ3v) is 4.38. The van der Waals surface area contributed by atoms with Crippen molar-refractivity contribution in [1.82, 2.24) is 0 Å². The molecule has 20 heavy (non-hydrogen) atoms. The molecule has 2 aromatic rings. The lowest BCUT2D eigenvalue weighted by Crippen LogP contribution is -2.36. The van der Waals surface area contributed by atoms with E-state index in [1.54, 1.807) is 11.8 Å². The molecule has 3 nitrogen and oxygen atoms in total. The summed E-state index contributed by atoms with van der Waals surface area (Å²) in [5.41, 5.74) is 8.45. The quantitative estimate of drug-likeness (QED) is 0.862. The molecule has 0 unspecified atom stereocenters. The number of nitrogen functional groups attached to an aromatic ring is 1. The molecule has 3 rings (SSSR count). The van der Waals surface area contributed by atoms with E-state index >= 15 is 0 Å². The van der Waals surface area contributed by atoms with Crippen LogP contribution >= 0.6 is 11.8 Å². The molecular formula is C16H16N2OS. The summed E-state index contributed by atoms with van der Waals surface area (Å²) in [6.45, 7) is 0.767. The van der Waals surface area contributed by atoms with Gasteiger partial charge in [0.2, 0.25) is 5.91 Å². The van der Waals surface area contributed by atoms with E-state index in [1.807, 2.05) is 47.4 Å². The van der Waals surface area contributed by atoms with Gasteiger partial charge in [0, 0.05) is 22.9 Å². The first-order valence-electron chi connectivity index (χ1n) is 6.60. The zero-order chi connectivity index (χ0) is 13.9. The molecule has 1 aliphatic rings. The molecule has 0 radical (unpaired) electrons. The van der Waals surface area contributed by atoms with Gasteiger partial charge in [-0.25, -0.2) is 0 Å². The second-order valence-electron chi connectivity index (χ2n) is 4.78. The third-order valence-electron chi connectivity index (χ3n) is 3.34. The number of thioether (sulfide) groups is 1. The molecule has 0 aromatic heterocycles. The van der Waals surface area contributed by atoms with Crippen LogP contribution in [-0.2, 0) is 11.2 Å². The Balaban J connectivity index is 1.82. The molecule has 0 spiro atoms. The van der Waals surface area contributed by atoms with Crippen LogP contribution in [0, 0.1) is 0 Å². The van der Waals surface area contributed by atoms with Gasteiger partial charge >= 0.3 is 0 Å². The van der Waals surface area contributed by atoms with Crippen molar-refractivity contribution in [3.05, 3.63) is 54.1 Å². The first-order valence-corrected chi connectivity index (χ1v) is 7.59. The summed E-state index contributed by atoms with van der Waals surface area (Å²) in [5, 5.41) is 0. The van der Waals surface area contributed by atoms with Gasteiger partial charge in [-0.15, -0.1) is 11.8 Å². The molecule has 102 valence electrons. The first-order chi connectivity index (χ1) is 9.74. The zero-order valence-electron chi connectivity index (χ0n) is 11.1. The van der Waals surface area contributed by atoms with Crippen LogP contribution in [0.3, 0.4) is 0 Å². The van der Waals surface area contributed by atoms with E-state index in [2.05, 4.69) is 6.07 Å². The largest absolute Gasteiger partial charge is 0.399 e. The van der Waals surface area contributed by atoms with E-state index in [1.165, 1.54) is 4.90 Å². The fourth-order valence-corrected chi connectivity index (χ4v) is 3.40. The van der Waals surface area contributed by atoms with Crippen LogP contribution in [0.2, 0.25) is 0 Å². The molecule has 2 N–H and O–H groups in total. The van der Waals surface area contributed by atoms with Crippen LogP contribution in [0.25, 0.3) is 0 Å². The molecule has 0 aliphatic carbocycles. The number of nitrogens with zero attached hydrogens (tertiary/aromatic N) is 1. The minimum absolute atomic E-state index is 0.128. The number of carbonyl (C=O) groups is 1. The molecule has 0 saturated carbocycles. The first kappa shape index (κ1) is 13.1. The van der Waals surface area contributed by atoms with Crippen LogP contribution < -0.4 is 10.6 Å². The normalized spacial score (nSPS) is 13.9. The summed E-state index contributed by atoms with van der Waals surface area (Å²) in [6, 6.07) is 15.6. The van der Waals surface area contributed by atoms with E-state index in [0.29, 0.717) is 12.1 Å². The maximum atomic E-state index is 12.5. The lowest BCUT2D eigenvalue weighted by Gasteiger charge is -2.29. The number of para-hydroxylation sites is 1. The Kier molecular flexibility index (Phi) is 3.65. The van der Waals surface area contributed by atoms with Gasteiger partial charge in [-0.2, -0.15) is 0 Å². The van der Waals surface area contributed by atoms with Crippen molar-refractivity contribution in [3.63, 3.8) is 0 Å². The van der Waals surface area contributed by atoms with Gasteiger partial charge in [0.25, 0.3) is 0 Å². The summed E-state index contributed by atoms with van der Waals surface area (Å²) in [4.78, 5) is 15.6. The van der Waals surface area contributed by atoms with Crippen molar-refractivity contribution in [2.45, 2.75) is 11.3 Å². The van der Waals surface area contributed by atoms with Crippen molar-refractivity contribution in [2.75, 3.05) is 22.9 Å². The number of rotatable bonds is 2. The predicted octanol–water partition coefficient (Wildman–Crippen LogP) is 2.95. The molecule has 0 fully saturated rings. The van der Waals surface area contributed by atoms with Gasteiger partial charge in [0.1, 0.15) is 0 Å². The van der Waals surface area contributed by atoms with Crippen LogP contribution in [-0.4, -0.2) is 18.2 Å². The van der Waals surface area contributed by atoms with E-state index in [0.717, 1.165) is 23.5 Å². The number of hydrogen-bond acceptors (Lipinski definition) is 3. The highest BCUT2D eigenvalue weighted by Crippen LogP contribution is 2.34. The average molecular weight is 284 g/mol. The fraction of sp³-hybridized carbons (Fsp3) is 0.188. The SMILES string of the molecule is Nc1cccc(CC(=O)N2CCSc3ccccc32)c1. The molecule has 4 heteroatoms. The van der Waals surface area contributed by atoms with Crippen molar-refractivity contribution in [2.24, 2.45) is 0 Å². The van der Waals surface area contributed by atoms with Crippen molar-refractivity contribution < 1.29 is 4.79 Å². The number of benzene rings is 2. The van der Waals surface area contributed by atoms with Crippen LogP contribution in [0.5, 0.6) is 0 Å². The van der Waals surface area contributed by atoms with Crippen molar-refractivity contribution >= 4 is 29.0 Å². The number of amides is 1. The van der Waals surface area contributed by atoms with Crippen molar-refractivity contribution in [1.29, 1.82) is 0 Å². The maximum absolute atomic E-state index is 12.5. The lowest BCUT2D eigenvalue weighted by atomic mass is 10.1. The molecule has 0 bridgehead atoms. The Labute approximate surface area is 122 Å². The van der Waals surface area contributed by atoms with E-state index in [-0.39, 0.29) is 5.91 Å². The highest BCUT2D eigenvalue weighted by molar-refractivity contribution is 7.99. The highest BCUT2D eigenvalue weighted by Gasteiger charge is 2.22. The van der Waals surface area contributed by atoms with Gasteiger partial charge in [-0.05, 0) is 29.8 Å². The minimum Gasteiger partial charge on any atom is -0.399 e. The Morgan fingerprint density at radius 3 is 2.90 bits per heavy atom. The van der Waals surface area contributed by atoms with E-state index in [9.17, 15) is 4.79 Å². The fourth-order valence-electron chi connectivity index (χ4n) is 2.40. The molecule has 0 saturated heterocycles. The summed E-state index contributed by atoms with van der Waals surface area (Å²) < 4.78 is 0. The minimum atomic E-state index is 0.128. The molecule has 2 aromatic carbocycles. The maximum Gasteiger partial charge on any atom is 0.231 e. The highest BCUT2D eigenvalue weighted by atomic mass is 32.2. The zero-order valence-corrected chi connectivity index (χ0v) is 11.9. The Bertz CT molecular complexity index is 642. The third kappa shape index (κ3) is 2.65. The monoisotopic (exact) mass is 284 g/mol. The number of nitrogens with two attached hydrogens (primary N) is 1. The van der Waals surface area contributed by atoms with Gasteiger partial charge in [-0.3, -0.25) is 4.79 Å². The predicted molar refractivity (Wildman–Crippen MR) is 84.1 cm³/mol. The number of fused-ring (bicyclic) bond motifs is 1. The molecule has 1 heterocycles. The second-order valence-corrected chi connectivity index (χ2v) is 5.92.